The van der Waals surface area contributed by atoms with E-state index in [1.54, 1.807) is 4.90 Å². The first kappa shape index (κ1) is 13.0. The van der Waals surface area contributed by atoms with Crippen LogP contribution in [-0.4, -0.2) is 29.8 Å². The Labute approximate surface area is 104 Å². The highest BCUT2D eigenvalue weighted by atomic mass is 19.1. The number of rotatable bonds is 4. The van der Waals surface area contributed by atoms with Crippen molar-refractivity contribution >= 4 is 11.6 Å². The molecule has 18 heavy (non-hydrogen) atoms. The number of nitrogen functional groups attached to an aromatic ring is 1. The highest BCUT2D eigenvalue weighted by molar-refractivity contribution is 5.49. The van der Waals surface area contributed by atoms with Crippen molar-refractivity contribution in [2.45, 2.75) is 12.8 Å². The Bertz CT molecular complexity index is 430. The molecule has 4 N–H and O–H groups in total. The molecule has 1 unspecified atom stereocenters. The van der Waals surface area contributed by atoms with Crippen molar-refractivity contribution in [1.29, 1.82) is 0 Å². The molecule has 1 saturated heterocycles. The molecule has 1 aromatic rings. The molecule has 1 aliphatic heterocycles. The van der Waals surface area contributed by atoms with Gasteiger partial charge in [-0.05, 0) is 18.8 Å². The molecular weight excluding hydrogens is 242 g/mol. The van der Waals surface area contributed by atoms with Crippen LogP contribution in [0.1, 0.15) is 12.8 Å². The van der Waals surface area contributed by atoms with E-state index >= 15 is 0 Å². The molecular formula is C11H16F2N4O. The summed E-state index contributed by atoms with van der Waals surface area (Å²) in [5, 5.41) is 8.87. The van der Waals surface area contributed by atoms with Crippen molar-refractivity contribution in [3.63, 3.8) is 0 Å². The number of aliphatic hydroxyl groups is 1. The summed E-state index contributed by atoms with van der Waals surface area (Å²) in [4.78, 5) is 5.59. The molecule has 0 saturated carbocycles. The van der Waals surface area contributed by atoms with Crippen molar-refractivity contribution < 1.29 is 13.9 Å². The number of nitrogens with zero attached hydrogens (tertiary/aromatic N) is 2. The minimum Gasteiger partial charge on any atom is -0.396 e. The van der Waals surface area contributed by atoms with Gasteiger partial charge in [-0.25, -0.2) is 19.6 Å². The fraction of sp³-hybridized carbons (Fsp3) is 0.545. The van der Waals surface area contributed by atoms with Gasteiger partial charge in [0.2, 0.25) is 0 Å². The Morgan fingerprint density at radius 2 is 2.28 bits per heavy atom. The average Bonchev–Trinajstić information content (AvgIpc) is 2.78. The summed E-state index contributed by atoms with van der Waals surface area (Å²) in [7, 11) is 0. The van der Waals surface area contributed by atoms with Gasteiger partial charge in [0.1, 0.15) is 0 Å². The number of pyridine rings is 1. The van der Waals surface area contributed by atoms with Gasteiger partial charge in [-0.2, -0.15) is 0 Å². The van der Waals surface area contributed by atoms with Crippen LogP contribution in [0.2, 0.25) is 0 Å². The monoisotopic (exact) mass is 258 g/mol. The highest BCUT2D eigenvalue weighted by Gasteiger charge is 2.26. The summed E-state index contributed by atoms with van der Waals surface area (Å²) in [6.45, 7) is 1.37. The van der Waals surface area contributed by atoms with Gasteiger partial charge in [0, 0.05) is 25.8 Å². The van der Waals surface area contributed by atoms with Crippen LogP contribution in [-0.2, 0) is 0 Å². The van der Waals surface area contributed by atoms with Gasteiger partial charge in [0.05, 0.1) is 0 Å². The maximum Gasteiger partial charge on any atom is 0.178 e. The van der Waals surface area contributed by atoms with Gasteiger partial charge >= 0.3 is 0 Å². The number of hydrazine groups is 1. The minimum absolute atomic E-state index is 0.102. The zero-order chi connectivity index (χ0) is 13.1. The standard InChI is InChI=1S/C11H16F2N4O/c12-8-5-9(13)11(15-10(8)16-14)17-3-1-7(6-17)2-4-18/h5,7,18H,1-4,6,14H2,(H,15,16). The Morgan fingerprint density at radius 1 is 1.50 bits per heavy atom. The third-order valence-corrected chi connectivity index (χ3v) is 3.17. The van der Waals surface area contributed by atoms with Crippen LogP contribution in [0.25, 0.3) is 0 Å². The number of halogens is 2. The summed E-state index contributed by atoms with van der Waals surface area (Å²) in [5.74, 6) is 3.85. The Hall–Kier alpha value is -1.47. The van der Waals surface area contributed by atoms with E-state index in [0.29, 0.717) is 25.4 Å². The molecule has 7 heteroatoms. The Kier molecular flexibility index (Phi) is 3.93. The highest BCUT2D eigenvalue weighted by Crippen LogP contribution is 2.28. The molecule has 1 aromatic heterocycles. The van der Waals surface area contributed by atoms with Crippen molar-refractivity contribution in [2.75, 3.05) is 30.0 Å². The van der Waals surface area contributed by atoms with Crippen molar-refractivity contribution in [3.8, 4) is 0 Å². The number of hydrogen-bond acceptors (Lipinski definition) is 5. The van der Waals surface area contributed by atoms with Crippen molar-refractivity contribution in [2.24, 2.45) is 11.8 Å². The van der Waals surface area contributed by atoms with Crippen LogP contribution in [0.15, 0.2) is 6.07 Å². The maximum atomic E-state index is 13.7. The van der Waals surface area contributed by atoms with E-state index in [1.165, 1.54) is 0 Å². The predicted octanol–water partition coefficient (Wildman–Crippen LogP) is 0.854. The number of nitrogens with one attached hydrogen (secondary N) is 1. The summed E-state index contributed by atoms with van der Waals surface area (Å²) in [5.41, 5.74) is 2.10. The second kappa shape index (κ2) is 5.45. The number of hydrogen-bond donors (Lipinski definition) is 3. The lowest BCUT2D eigenvalue weighted by molar-refractivity contribution is 0.263. The lowest BCUT2D eigenvalue weighted by Gasteiger charge is -2.19. The van der Waals surface area contributed by atoms with Crippen molar-refractivity contribution in [1.82, 2.24) is 4.98 Å². The van der Waals surface area contributed by atoms with E-state index in [2.05, 4.69) is 10.4 Å². The number of aromatic nitrogens is 1. The van der Waals surface area contributed by atoms with Crippen LogP contribution >= 0.6 is 0 Å². The molecule has 1 fully saturated rings. The number of anilines is 2. The molecule has 0 aromatic carbocycles. The average molecular weight is 258 g/mol. The molecule has 0 aliphatic carbocycles. The fourth-order valence-electron chi connectivity index (χ4n) is 2.22. The SMILES string of the molecule is NNc1nc(N2CCC(CCO)C2)c(F)cc1F. The van der Waals surface area contributed by atoms with Crippen LogP contribution < -0.4 is 16.2 Å². The zero-order valence-electron chi connectivity index (χ0n) is 9.87. The largest absolute Gasteiger partial charge is 0.396 e. The molecule has 0 spiro atoms. The van der Waals surface area contributed by atoms with Gasteiger partial charge in [0.15, 0.2) is 23.3 Å². The van der Waals surface area contributed by atoms with Gasteiger partial charge in [-0.1, -0.05) is 0 Å². The molecule has 1 atom stereocenters. The van der Waals surface area contributed by atoms with E-state index in [1.807, 2.05) is 0 Å². The van der Waals surface area contributed by atoms with E-state index in [-0.39, 0.29) is 18.2 Å². The maximum absolute atomic E-state index is 13.7. The normalized spacial score (nSPS) is 19.3. The fourth-order valence-corrected chi connectivity index (χ4v) is 2.22. The summed E-state index contributed by atoms with van der Waals surface area (Å²) < 4.78 is 26.9. The number of aliphatic hydroxyl groups excluding tert-OH is 1. The van der Waals surface area contributed by atoms with Crippen LogP contribution in [0.3, 0.4) is 0 Å². The molecule has 100 valence electrons. The molecule has 1 aliphatic rings. The smallest absolute Gasteiger partial charge is 0.178 e. The third-order valence-electron chi connectivity index (χ3n) is 3.17. The lowest BCUT2D eigenvalue weighted by atomic mass is 10.1. The zero-order valence-corrected chi connectivity index (χ0v) is 9.87. The van der Waals surface area contributed by atoms with E-state index in [9.17, 15) is 8.78 Å². The minimum atomic E-state index is -0.815. The first-order valence-corrected chi connectivity index (χ1v) is 5.84. The molecule has 0 amide bonds. The van der Waals surface area contributed by atoms with Crippen molar-refractivity contribution in [3.05, 3.63) is 17.7 Å². The van der Waals surface area contributed by atoms with Gasteiger partial charge in [-0.3, -0.25) is 0 Å². The van der Waals surface area contributed by atoms with Gasteiger partial charge in [0.25, 0.3) is 0 Å². The number of nitrogens with two attached hydrogens (primary N) is 1. The van der Waals surface area contributed by atoms with E-state index in [4.69, 9.17) is 10.9 Å². The van der Waals surface area contributed by atoms with Gasteiger partial charge in [-0.15, -0.1) is 0 Å². The lowest BCUT2D eigenvalue weighted by Crippen LogP contribution is -2.23. The molecule has 0 radical (unpaired) electrons. The summed E-state index contributed by atoms with van der Waals surface area (Å²) in [6, 6.07) is 0.775. The topological polar surface area (TPSA) is 74.4 Å². The second-order valence-electron chi connectivity index (χ2n) is 4.38. The molecule has 2 rings (SSSR count). The predicted molar refractivity (Wildman–Crippen MR) is 64.0 cm³/mol. The molecule has 0 bridgehead atoms. The third kappa shape index (κ3) is 2.51. The summed E-state index contributed by atoms with van der Waals surface area (Å²) >= 11 is 0. The second-order valence-corrected chi connectivity index (χ2v) is 4.38. The van der Waals surface area contributed by atoms with Crippen LogP contribution in [0, 0.1) is 17.6 Å². The summed E-state index contributed by atoms with van der Waals surface area (Å²) in [6.07, 6.45) is 1.55. The molecule has 2 heterocycles. The Balaban J connectivity index is 2.18. The molecule has 5 nitrogen and oxygen atoms in total. The first-order valence-electron chi connectivity index (χ1n) is 5.84. The van der Waals surface area contributed by atoms with E-state index in [0.717, 1.165) is 12.5 Å². The van der Waals surface area contributed by atoms with E-state index < -0.39 is 11.6 Å². The Morgan fingerprint density at radius 3 is 2.94 bits per heavy atom. The van der Waals surface area contributed by atoms with Crippen LogP contribution in [0.5, 0.6) is 0 Å². The first-order chi connectivity index (χ1) is 8.65. The van der Waals surface area contributed by atoms with Crippen LogP contribution in [0.4, 0.5) is 20.4 Å². The quantitative estimate of drug-likeness (QED) is 0.551. The van der Waals surface area contributed by atoms with Gasteiger partial charge < -0.3 is 15.4 Å².